The normalized spacial score (nSPS) is 20.5. The van der Waals surface area contributed by atoms with Gasteiger partial charge in [0, 0.05) is 27.2 Å². The fourth-order valence-corrected chi connectivity index (χ4v) is 1.74. The van der Waals surface area contributed by atoms with Gasteiger partial charge in [-0.3, -0.25) is 4.79 Å². The highest BCUT2D eigenvalue weighted by Crippen LogP contribution is 2.06. The van der Waals surface area contributed by atoms with Crippen LogP contribution in [-0.2, 0) is 4.79 Å². The van der Waals surface area contributed by atoms with Crippen molar-refractivity contribution >= 4 is 5.91 Å². The van der Waals surface area contributed by atoms with Crippen molar-refractivity contribution in [3.05, 3.63) is 0 Å². The Morgan fingerprint density at radius 1 is 1.29 bits per heavy atom. The summed E-state index contributed by atoms with van der Waals surface area (Å²) in [4.78, 5) is 13.2. The van der Waals surface area contributed by atoms with Crippen LogP contribution in [0, 0.1) is 0 Å². The molecular formula is C10H21N3O. The largest absolute Gasteiger partial charge is 0.347 e. The van der Waals surface area contributed by atoms with Crippen LogP contribution in [0.4, 0.5) is 0 Å². The Hall–Kier alpha value is -0.610. The first-order valence-electron chi connectivity index (χ1n) is 5.33. The first-order chi connectivity index (χ1) is 6.61. The monoisotopic (exact) mass is 199 g/mol. The second kappa shape index (κ2) is 5.32. The second-order valence-corrected chi connectivity index (χ2v) is 4.13. The maximum absolute atomic E-state index is 11.6. The van der Waals surface area contributed by atoms with E-state index >= 15 is 0 Å². The number of carbonyl (C=O) groups excluding carboxylic acids is 1. The number of hydrogen-bond acceptors (Lipinski definition) is 3. The highest BCUT2D eigenvalue weighted by Gasteiger charge is 2.18. The summed E-state index contributed by atoms with van der Waals surface area (Å²) in [6.07, 6.45) is 3.78. The minimum absolute atomic E-state index is 0.108. The summed E-state index contributed by atoms with van der Waals surface area (Å²) in [6, 6.07) is -0.108. The van der Waals surface area contributed by atoms with E-state index in [0.717, 1.165) is 13.1 Å². The summed E-state index contributed by atoms with van der Waals surface area (Å²) in [6.45, 7) is 4.03. The predicted octanol–water partition coefficient (Wildman–Crippen LogP) is 0.454. The SMILES string of the molecule is CC(NN1CCCCC1)C(=O)N(C)C. The van der Waals surface area contributed by atoms with E-state index in [4.69, 9.17) is 0 Å². The Morgan fingerprint density at radius 2 is 1.86 bits per heavy atom. The van der Waals surface area contributed by atoms with E-state index in [-0.39, 0.29) is 11.9 Å². The van der Waals surface area contributed by atoms with Gasteiger partial charge < -0.3 is 4.90 Å². The van der Waals surface area contributed by atoms with Crippen LogP contribution in [0.15, 0.2) is 0 Å². The van der Waals surface area contributed by atoms with Gasteiger partial charge in [0.05, 0.1) is 6.04 Å². The van der Waals surface area contributed by atoms with Crippen LogP contribution in [0.25, 0.3) is 0 Å². The van der Waals surface area contributed by atoms with Gasteiger partial charge in [-0.2, -0.15) is 0 Å². The van der Waals surface area contributed by atoms with Crippen molar-refractivity contribution in [2.24, 2.45) is 0 Å². The molecule has 0 bridgehead atoms. The fourth-order valence-electron chi connectivity index (χ4n) is 1.74. The molecule has 1 saturated heterocycles. The number of nitrogens with zero attached hydrogens (tertiary/aromatic N) is 2. The Bertz CT molecular complexity index is 188. The van der Waals surface area contributed by atoms with E-state index in [9.17, 15) is 4.79 Å². The molecule has 1 fully saturated rings. The molecule has 4 heteroatoms. The van der Waals surface area contributed by atoms with E-state index in [2.05, 4.69) is 10.4 Å². The zero-order chi connectivity index (χ0) is 10.6. The number of hydrogen-bond donors (Lipinski definition) is 1. The molecule has 1 aliphatic heterocycles. The van der Waals surface area contributed by atoms with E-state index in [1.54, 1.807) is 19.0 Å². The fraction of sp³-hybridized carbons (Fsp3) is 0.900. The number of piperidine rings is 1. The number of nitrogens with one attached hydrogen (secondary N) is 1. The highest BCUT2D eigenvalue weighted by molar-refractivity contribution is 5.80. The minimum atomic E-state index is -0.108. The third-order valence-electron chi connectivity index (χ3n) is 2.54. The van der Waals surface area contributed by atoms with Crippen molar-refractivity contribution in [2.45, 2.75) is 32.2 Å². The molecule has 0 spiro atoms. The Balaban J connectivity index is 2.31. The molecular weight excluding hydrogens is 178 g/mol. The molecule has 0 aromatic heterocycles. The summed E-state index contributed by atoms with van der Waals surface area (Å²) < 4.78 is 0. The number of amides is 1. The Morgan fingerprint density at radius 3 is 2.36 bits per heavy atom. The van der Waals surface area contributed by atoms with Gasteiger partial charge in [-0.05, 0) is 19.8 Å². The lowest BCUT2D eigenvalue weighted by molar-refractivity contribution is -0.132. The van der Waals surface area contributed by atoms with Gasteiger partial charge in [0.2, 0.25) is 5.91 Å². The molecule has 0 saturated carbocycles. The van der Waals surface area contributed by atoms with Gasteiger partial charge in [-0.1, -0.05) is 6.42 Å². The molecule has 0 aliphatic carbocycles. The topological polar surface area (TPSA) is 35.6 Å². The lowest BCUT2D eigenvalue weighted by Crippen LogP contribution is -2.51. The molecule has 0 radical (unpaired) electrons. The lowest BCUT2D eigenvalue weighted by atomic mass is 10.2. The Kier molecular flexibility index (Phi) is 4.35. The number of carbonyl (C=O) groups is 1. The second-order valence-electron chi connectivity index (χ2n) is 4.13. The molecule has 1 aliphatic rings. The van der Waals surface area contributed by atoms with E-state index in [0.29, 0.717) is 0 Å². The van der Waals surface area contributed by atoms with Gasteiger partial charge >= 0.3 is 0 Å². The lowest BCUT2D eigenvalue weighted by Gasteiger charge is -2.30. The molecule has 1 unspecified atom stereocenters. The molecule has 82 valence electrons. The van der Waals surface area contributed by atoms with Gasteiger partial charge in [-0.15, -0.1) is 0 Å². The zero-order valence-electron chi connectivity index (χ0n) is 9.42. The first-order valence-corrected chi connectivity index (χ1v) is 5.33. The molecule has 1 amide bonds. The van der Waals surface area contributed by atoms with Crippen molar-refractivity contribution in [1.29, 1.82) is 0 Å². The predicted molar refractivity (Wildman–Crippen MR) is 56.7 cm³/mol. The average Bonchev–Trinajstić information content (AvgIpc) is 2.18. The van der Waals surface area contributed by atoms with Crippen molar-refractivity contribution in [2.75, 3.05) is 27.2 Å². The maximum atomic E-state index is 11.6. The number of hydrazine groups is 1. The van der Waals surface area contributed by atoms with Crippen LogP contribution in [0.1, 0.15) is 26.2 Å². The van der Waals surface area contributed by atoms with Gasteiger partial charge in [0.15, 0.2) is 0 Å². The standard InChI is InChI=1S/C10H21N3O/c1-9(10(14)12(2)3)11-13-7-5-4-6-8-13/h9,11H,4-8H2,1-3H3. The third-order valence-corrected chi connectivity index (χ3v) is 2.54. The van der Waals surface area contributed by atoms with Crippen molar-refractivity contribution in [3.8, 4) is 0 Å². The third kappa shape index (κ3) is 3.27. The van der Waals surface area contributed by atoms with Gasteiger partial charge in [0.1, 0.15) is 0 Å². The Labute approximate surface area is 86.2 Å². The van der Waals surface area contributed by atoms with Crippen molar-refractivity contribution in [1.82, 2.24) is 15.3 Å². The summed E-state index contributed by atoms with van der Waals surface area (Å²) in [5, 5.41) is 2.16. The van der Waals surface area contributed by atoms with Crippen LogP contribution in [0.5, 0.6) is 0 Å². The van der Waals surface area contributed by atoms with Crippen LogP contribution < -0.4 is 5.43 Å². The summed E-state index contributed by atoms with van der Waals surface area (Å²) >= 11 is 0. The summed E-state index contributed by atoms with van der Waals surface area (Å²) in [5.41, 5.74) is 3.24. The molecule has 1 N–H and O–H groups in total. The summed E-state index contributed by atoms with van der Waals surface area (Å²) in [5.74, 6) is 0.135. The smallest absolute Gasteiger partial charge is 0.240 e. The molecule has 1 rings (SSSR count). The van der Waals surface area contributed by atoms with Crippen LogP contribution in [0.3, 0.4) is 0 Å². The average molecular weight is 199 g/mol. The molecule has 14 heavy (non-hydrogen) atoms. The zero-order valence-corrected chi connectivity index (χ0v) is 9.42. The number of likely N-dealkylation sites (N-methyl/N-ethyl adjacent to an activating group) is 1. The van der Waals surface area contributed by atoms with Gasteiger partial charge in [-0.25, -0.2) is 10.4 Å². The van der Waals surface area contributed by atoms with Crippen LogP contribution in [0.2, 0.25) is 0 Å². The molecule has 4 nitrogen and oxygen atoms in total. The maximum Gasteiger partial charge on any atom is 0.240 e. The van der Waals surface area contributed by atoms with Gasteiger partial charge in [0.25, 0.3) is 0 Å². The summed E-state index contributed by atoms with van der Waals surface area (Å²) in [7, 11) is 3.58. The molecule has 1 atom stereocenters. The van der Waals surface area contributed by atoms with Crippen molar-refractivity contribution < 1.29 is 4.79 Å². The van der Waals surface area contributed by atoms with Crippen LogP contribution >= 0.6 is 0 Å². The number of rotatable bonds is 3. The van der Waals surface area contributed by atoms with Crippen LogP contribution in [-0.4, -0.2) is 49.0 Å². The van der Waals surface area contributed by atoms with E-state index < -0.39 is 0 Å². The quantitative estimate of drug-likeness (QED) is 0.717. The minimum Gasteiger partial charge on any atom is -0.347 e. The van der Waals surface area contributed by atoms with E-state index in [1.807, 2.05) is 6.92 Å². The van der Waals surface area contributed by atoms with Crippen molar-refractivity contribution in [3.63, 3.8) is 0 Å². The molecule has 1 heterocycles. The van der Waals surface area contributed by atoms with E-state index in [1.165, 1.54) is 19.3 Å². The highest BCUT2D eigenvalue weighted by atomic mass is 16.2. The first kappa shape index (κ1) is 11.5. The molecule has 0 aromatic carbocycles. The molecule has 0 aromatic rings.